The molecule has 0 bridgehead atoms. The van der Waals surface area contributed by atoms with E-state index in [4.69, 9.17) is 25.2 Å². The van der Waals surface area contributed by atoms with Crippen LogP contribution in [0.3, 0.4) is 0 Å². The van der Waals surface area contributed by atoms with E-state index in [1.54, 1.807) is 19.3 Å². The number of ether oxygens (including phenoxy) is 2. The number of furan rings is 1. The summed E-state index contributed by atoms with van der Waals surface area (Å²) in [5.74, 6) is 0.864. The first kappa shape index (κ1) is 18.6. The first-order valence-electron chi connectivity index (χ1n) is 8.81. The lowest BCUT2D eigenvalue weighted by Crippen LogP contribution is -3.10. The molecule has 7 nitrogen and oxygen atoms in total. The third-order valence-corrected chi connectivity index (χ3v) is 5.26. The number of rotatable bonds is 4. The summed E-state index contributed by atoms with van der Waals surface area (Å²) in [5.41, 5.74) is 1.54. The van der Waals surface area contributed by atoms with E-state index < -0.39 is 11.6 Å². The van der Waals surface area contributed by atoms with Crippen LogP contribution in [0.25, 0.3) is 11.0 Å². The second-order valence-corrected chi connectivity index (χ2v) is 7.17. The number of esters is 1. The molecular formula is C20H19ClNO6+. The van der Waals surface area contributed by atoms with E-state index >= 15 is 0 Å². The number of halogens is 1. The number of nitrogens with one attached hydrogen (secondary N) is 1. The van der Waals surface area contributed by atoms with Gasteiger partial charge in [0.25, 0.3) is 0 Å². The highest BCUT2D eigenvalue weighted by molar-refractivity contribution is 6.33. The first-order chi connectivity index (χ1) is 13.5. The molecule has 1 aliphatic rings. The molecule has 8 heteroatoms. The van der Waals surface area contributed by atoms with Crippen molar-refractivity contribution in [2.75, 3.05) is 13.8 Å². The van der Waals surface area contributed by atoms with Crippen LogP contribution in [-0.4, -0.2) is 19.8 Å². The van der Waals surface area contributed by atoms with Gasteiger partial charge >= 0.3 is 11.6 Å². The van der Waals surface area contributed by atoms with Gasteiger partial charge in [-0.2, -0.15) is 0 Å². The van der Waals surface area contributed by atoms with Gasteiger partial charge in [0.2, 0.25) is 6.73 Å². The number of aryl methyl sites for hydroxylation is 1. The predicted octanol–water partition coefficient (Wildman–Crippen LogP) is 2.00. The Hall–Kier alpha value is -2.77. The van der Waals surface area contributed by atoms with E-state index in [-0.39, 0.29) is 12.0 Å². The second-order valence-electron chi connectivity index (χ2n) is 6.76. The van der Waals surface area contributed by atoms with E-state index in [1.807, 2.05) is 12.1 Å². The monoisotopic (exact) mass is 404 g/mol. The summed E-state index contributed by atoms with van der Waals surface area (Å²) in [6.07, 6.45) is 1.48. The van der Waals surface area contributed by atoms with Crippen LogP contribution in [0.1, 0.15) is 22.5 Å². The molecule has 1 unspecified atom stereocenters. The molecule has 146 valence electrons. The highest BCUT2D eigenvalue weighted by Crippen LogP contribution is 2.37. The minimum absolute atomic E-state index is 0.151. The molecule has 0 amide bonds. The van der Waals surface area contributed by atoms with Gasteiger partial charge < -0.3 is 18.3 Å². The van der Waals surface area contributed by atoms with Crippen molar-refractivity contribution in [2.45, 2.75) is 26.4 Å². The van der Waals surface area contributed by atoms with Gasteiger partial charge in [0.15, 0.2) is 17.1 Å². The topological polar surface area (TPSA) is 83.3 Å². The van der Waals surface area contributed by atoms with E-state index in [9.17, 15) is 9.59 Å². The van der Waals surface area contributed by atoms with Crippen molar-refractivity contribution in [1.29, 1.82) is 0 Å². The van der Waals surface area contributed by atoms with Crippen molar-refractivity contribution in [3.8, 4) is 5.75 Å². The van der Waals surface area contributed by atoms with Gasteiger partial charge in [-0.05, 0) is 30.7 Å². The van der Waals surface area contributed by atoms with Gasteiger partial charge in [0, 0.05) is 5.39 Å². The van der Waals surface area contributed by atoms with Crippen molar-refractivity contribution in [3.63, 3.8) is 0 Å². The fraction of sp³-hybridized carbons (Fsp3) is 0.300. The summed E-state index contributed by atoms with van der Waals surface area (Å²) in [4.78, 5) is 25.3. The number of benzene rings is 1. The summed E-state index contributed by atoms with van der Waals surface area (Å²) in [5, 5.41) is 1.13. The van der Waals surface area contributed by atoms with Crippen LogP contribution in [-0.2, 0) is 29.0 Å². The molecular weight excluding hydrogens is 386 g/mol. The lowest BCUT2D eigenvalue weighted by Gasteiger charge is -2.26. The van der Waals surface area contributed by atoms with Crippen molar-refractivity contribution in [3.05, 3.63) is 62.4 Å². The van der Waals surface area contributed by atoms with E-state index in [0.29, 0.717) is 47.1 Å². The Morgan fingerprint density at radius 2 is 2.21 bits per heavy atom. The molecule has 28 heavy (non-hydrogen) atoms. The zero-order valence-electron chi connectivity index (χ0n) is 15.5. The standard InChI is InChI=1S/C20H18ClNO6/c1-11-13-6-16(21)19-15(9-22(10-27-19)8-12-4-3-5-26-12)18(13)28-20(24)14(11)7-17(23)25-2/h3-6H,7-10H2,1-2H3/p+1. The minimum atomic E-state index is -0.557. The Morgan fingerprint density at radius 1 is 1.39 bits per heavy atom. The molecule has 0 aliphatic carbocycles. The Morgan fingerprint density at radius 3 is 2.93 bits per heavy atom. The van der Waals surface area contributed by atoms with E-state index in [2.05, 4.69) is 4.74 Å². The normalized spacial score (nSPS) is 15.9. The maximum absolute atomic E-state index is 12.5. The molecule has 3 aromatic rings. The third-order valence-electron chi connectivity index (χ3n) is 4.98. The number of quaternary nitrogens is 1. The maximum Gasteiger partial charge on any atom is 0.340 e. The number of methoxy groups -OCH3 is 1. The molecule has 0 spiro atoms. The summed E-state index contributed by atoms with van der Waals surface area (Å²) in [6.45, 7) is 3.38. The number of carbonyl (C=O) groups excluding carboxylic acids is 1. The number of hydrogen-bond donors (Lipinski definition) is 1. The second kappa shape index (κ2) is 7.33. The van der Waals surface area contributed by atoms with Gasteiger partial charge in [-0.15, -0.1) is 0 Å². The average molecular weight is 405 g/mol. The molecule has 1 aromatic carbocycles. The zero-order valence-corrected chi connectivity index (χ0v) is 16.2. The Labute approximate surface area is 165 Å². The zero-order chi connectivity index (χ0) is 19.8. The number of hydrogen-bond acceptors (Lipinski definition) is 6. The van der Waals surface area contributed by atoms with Crippen LogP contribution in [0.4, 0.5) is 0 Å². The molecule has 1 N–H and O–H groups in total. The highest BCUT2D eigenvalue weighted by Gasteiger charge is 2.29. The molecule has 0 saturated heterocycles. The Bertz CT molecular complexity index is 1100. The Balaban J connectivity index is 1.79. The quantitative estimate of drug-likeness (QED) is 0.529. The summed E-state index contributed by atoms with van der Waals surface area (Å²) in [7, 11) is 1.28. The molecule has 2 aromatic heterocycles. The van der Waals surface area contributed by atoms with Crippen LogP contribution in [0.5, 0.6) is 5.75 Å². The van der Waals surface area contributed by atoms with Crippen LogP contribution in [0, 0.1) is 6.92 Å². The highest BCUT2D eigenvalue weighted by atomic mass is 35.5. The maximum atomic E-state index is 12.5. The van der Waals surface area contributed by atoms with Gasteiger partial charge in [0.05, 0.1) is 35.9 Å². The van der Waals surface area contributed by atoms with Crippen molar-refractivity contribution in [2.24, 2.45) is 0 Å². The SMILES string of the molecule is COC(=O)Cc1c(C)c2cc(Cl)c3c(c2oc1=O)C[NH+](Cc1ccco1)CO3. The number of fused-ring (bicyclic) bond motifs is 3. The lowest BCUT2D eigenvalue weighted by molar-refractivity contribution is -0.946. The molecule has 0 radical (unpaired) electrons. The molecule has 0 saturated carbocycles. The fourth-order valence-electron chi connectivity index (χ4n) is 3.52. The molecule has 4 rings (SSSR count). The molecule has 3 heterocycles. The fourth-order valence-corrected chi connectivity index (χ4v) is 3.80. The minimum Gasteiger partial charge on any atom is -0.469 e. The summed E-state index contributed by atoms with van der Waals surface area (Å²) in [6, 6.07) is 5.46. The molecule has 1 atom stereocenters. The molecule has 1 aliphatic heterocycles. The van der Waals surface area contributed by atoms with Gasteiger partial charge in [0.1, 0.15) is 13.1 Å². The smallest absolute Gasteiger partial charge is 0.340 e. The first-order valence-corrected chi connectivity index (χ1v) is 9.19. The average Bonchev–Trinajstić information content (AvgIpc) is 3.19. The third kappa shape index (κ3) is 3.27. The van der Waals surface area contributed by atoms with Gasteiger partial charge in [-0.3, -0.25) is 9.69 Å². The molecule has 0 fully saturated rings. The van der Waals surface area contributed by atoms with E-state index in [1.165, 1.54) is 7.11 Å². The van der Waals surface area contributed by atoms with Crippen LogP contribution in [0.2, 0.25) is 5.02 Å². The predicted molar refractivity (Wildman–Crippen MR) is 101 cm³/mol. The summed E-state index contributed by atoms with van der Waals surface area (Å²) < 4.78 is 21.6. The van der Waals surface area contributed by atoms with Crippen molar-refractivity contribution < 1.29 is 28.0 Å². The van der Waals surface area contributed by atoms with Crippen LogP contribution >= 0.6 is 11.6 Å². The summed E-state index contributed by atoms with van der Waals surface area (Å²) >= 11 is 6.44. The lowest BCUT2D eigenvalue weighted by atomic mass is 10.00. The van der Waals surface area contributed by atoms with Gasteiger partial charge in [-0.1, -0.05) is 11.6 Å². The van der Waals surface area contributed by atoms with E-state index in [0.717, 1.165) is 16.2 Å². The van der Waals surface area contributed by atoms with Gasteiger partial charge in [-0.25, -0.2) is 4.79 Å². The Kier molecular flexibility index (Phi) is 4.87. The number of carbonyl (C=O) groups is 1. The van der Waals surface area contributed by atoms with Crippen molar-refractivity contribution >= 4 is 28.5 Å². The van der Waals surface area contributed by atoms with Crippen molar-refractivity contribution in [1.82, 2.24) is 0 Å². The van der Waals surface area contributed by atoms with Crippen LogP contribution in [0.15, 0.2) is 38.1 Å². The largest absolute Gasteiger partial charge is 0.469 e. The van der Waals surface area contributed by atoms with Crippen LogP contribution < -0.4 is 15.3 Å².